The molecule has 5 heterocycles. The van der Waals surface area contributed by atoms with Crippen LogP contribution in [-0.4, -0.2) is 65.0 Å². The number of fused-ring (bicyclic) bond motifs is 1. The van der Waals surface area contributed by atoms with E-state index in [2.05, 4.69) is 25.3 Å². The summed E-state index contributed by atoms with van der Waals surface area (Å²) in [5.41, 5.74) is 4.37. The maximum absolute atomic E-state index is 13.5. The van der Waals surface area contributed by atoms with Crippen molar-refractivity contribution in [1.29, 1.82) is 0 Å². The maximum atomic E-state index is 13.5. The van der Waals surface area contributed by atoms with Crippen molar-refractivity contribution in [2.75, 3.05) is 11.4 Å². The predicted molar refractivity (Wildman–Crippen MR) is 115 cm³/mol. The van der Waals surface area contributed by atoms with Crippen molar-refractivity contribution in [2.24, 2.45) is 7.05 Å². The van der Waals surface area contributed by atoms with E-state index in [0.717, 1.165) is 11.4 Å². The Hall–Kier alpha value is -3.34. The summed E-state index contributed by atoms with van der Waals surface area (Å²) in [6.07, 6.45) is 1.54. The number of aromatic nitrogens is 7. The van der Waals surface area contributed by atoms with E-state index in [4.69, 9.17) is 4.98 Å². The van der Waals surface area contributed by atoms with Crippen LogP contribution in [0, 0.1) is 0 Å². The molecule has 168 valence electrons. The van der Waals surface area contributed by atoms with Gasteiger partial charge in [-0.15, -0.1) is 0 Å². The molecule has 0 radical (unpaired) electrons. The number of piperidine rings is 1. The molecule has 4 aromatic rings. The van der Waals surface area contributed by atoms with Crippen LogP contribution in [-0.2, 0) is 13.6 Å². The number of alkyl halides is 2. The molecule has 0 spiro atoms. The predicted octanol–water partition coefficient (Wildman–Crippen LogP) is 2.84. The molecule has 2 atom stereocenters. The average Bonchev–Trinajstić information content (AvgIpc) is 3.47. The van der Waals surface area contributed by atoms with Gasteiger partial charge >= 0.3 is 0 Å². The summed E-state index contributed by atoms with van der Waals surface area (Å²) in [5, 5.41) is 25.8. The molecule has 32 heavy (non-hydrogen) atoms. The minimum atomic E-state index is -2.57. The van der Waals surface area contributed by atoms with Crippen molar-refractivity contribution >= 4 is 16.7 Å². The van der Waals surface area contributed by atoms with Gasteiger partial charge < -0.3 is 10.0 Å². The molecule has 1 fully saturated rings. The fraction of sp³-hybridized carbons (Fsp3) is 0.429. The molecule has 0 aliphatic carbocycles. The summed E-state index contributed by atoms with van der Waals surface area (Å²) >= 11 is 0. The number of anilines is 1. The third-order valence-electron chi connectivity index (χ3n) is 5.98. The highest BCUT2D eigenvalue weighted by Gasteiger charge is 2.30. The Bertz CT molecular complexity index is 1230. The lowest BCUT2D eigenvalue weighted by Crippen LogP contribution is -2.43. The van der Waals surface area contributed by atoms with Gasteiger partial charge in [0.25, 0.3) is 6.43 Å². The van der Waals surface area contributed by atoms with Crippen LogP contribution in [0.3, 0.4) is 0 Å². The molecule has 1 aliphatic rings. The van der Waals surface area contributed by atoms with Gasteiger partial charge in [-0.1, -0.05) is 0 Å². The summed E-state index contributed by atoms with van der Waals surface area (Å²) in [6.45, 7) is 2.09. The molecule has 5 rings (SSSR count). The summed E-state index contributed by atoms with van der Waals surface area (Å²) in [6, 6.07) is 5.54. The molecular weight excluding hydrogens is 418 g/mol. The van der Waals surface area contributed by atoms with E-state index in [1.165, 1.54) is 4.68 Å². The van der Waals surface area contributed by atoms with Crippen LogP contribution < -0.4 is 4.90 Å². The molecule has 2 N–H and O–H groups in total. The lowest BCUT2D eigenvalue weighted by atomic mass is 9.99. The van der Waals surface area contributed by atoms with Gasteiger partial charge in [0.05, 0.1) is 28.9 Å². The van der Waals surface area contributed by atoms with E-state index in [1.807, 2.05) is 26.1 Å². The van der Waals surface area contributed by atoms with Crippen molar-refractivity contribution in [3.8, 4) is 22.8 Å². The minimum absolute atomic E-state index is 0.0224. The number of pyridine rings is 1. The fourth-order valence-corrected chi connectivity index (χ4v) is 4.48. The Morgan fingerprint density at radius 1 is 1.28 bits per heavy atom. The molecule has 0 amide bonds. The van der Waals surface area contributed by atoms with Crippen LogP contribution >= 0.6 is 0 Å². The zero-order valence-electron chi connectivity index (χ0n) is 17.8. The molecule has 4 aromatic heterocycles. The quantitative estimate of drug-likeness (QED) is 0.493. The monoisotopic (exact) mass is 442 g/mol. The van der Waals surface area contributed by atoms with Crippen LogP contribution in [0.5, 0.6) is 0 Å². The van der Waals surface area contributed by atoms with Crippen LogP contribution in [0.15, 0.2) is 30.6 Å². The summed E-state index contributed by atoms with van der Waals surface area (Å²) in [5.74, 6) is 0. The van der Waals surface area contributed by atoms with Crippen molar-refractivity contribution < 1.29 is 13.9 Å². The number of aryl methyl sites for hydroxylation is 1. The van der Waals surface area contributed by atoms with Gasteiger partial charge in [0.15, 0.2) is 0 Å². The van der Waals surface area contributed by atoms with E-state index in [0.29, 0.717) is 47.5 Å². The second kappa shape index (κ2) is 7.97. The Morgan fingerprint density at radius 2 is 2.12 bits per heavy atom. The van der Waals surface area contributed by atoms with E-state index in [1.54, 1.807) is 23.1 Å². The number of rotatable bonds is 5. The van der Waals surface area contributed by atoms with Gasteiger partial charge in [-0.25, -0.2) is 13.8 Å². The number of hydrogen-bond donors (Lipinski definition) is 2. The molecule has 1 saturated heterocycles. The lowest BCUT2D eigenvalue weighted by Gasteiger charge is -2.38. The molecule has 9 nitrogen and oxygen atoms in total. The van der Waals surface area contributed by atoms with Crippen molar-refractivity contribution in [3.63, 3.8) is 0 Å². The number of H-pyrrole nitrogens is 1. The highest BCUT2D eigenvalue weighted by atomic mass is 19.3. The first kappa shape index (κ1) is 20.6. The maximum Gasteiger partial charge on any atom is 0.257 e. The summed E-state index contributed by atoms with van der Waals surface area (Å²) in [7, 11) is 1.83. The zero-order valence-corrected chi connectivity index (χ0v) is 17.8. The molecule has 0 aromatic carbocycles. The normalized spacial score (nSPS) is 19.4. The second-order valence-corrected chi connectivity index (χ2v) is 8.18. The van der Waals surface area contributed by atoms with Crippen molar-refractivity contribution in [3.05, 3.63) is 30.6 Å². The third kappa shape index (κ3) is 3.52. The second-order valence-electron chi connectivity index (χ2n) is 8.18. The lowest BCUT2D eigenvalue weighted by molar-refractivity contribution is 0.123. The Morgan fingerprint density at radius 3 is 2.78 bits per heavy atom. The Labute approximate surface area is 182 Å². The van der Waals surface area contributed by atoms with E-state index in [9.17, 15) is 13.9 Å². The molecule has 2 unspecified atom stereocenters. The number of nitrogens with zero attached hydrogens (tertiary/aromatic N) is 7. The SMILES string of the molecule is CC1CC(O)CCN1c1cc(-c2ccnn2C)nc2c(-c3ccn[nH]3)nn(CC(F)F)c12. The van der Waals surface area contributed by atoms with Gasteiger partial charge in [-0.2, -0.15) is 15.3 Å². The van der Waals surface area contributed by atoms with Crippen LogP contribution in [0.1, 0.15) is 19.8 Å². The fourth-order valence-electron chi connectivity index (χ4n) is 4.48. The number of aromatic amines is 1. The summed E-state index contributed by atoms with van der Waals surface area (Å²) < 4.78 is 30.1. The molecular formula is C21H24F2N8O. The number of aliphatic hydroxyl groups is 1. The van der Waals surface area contributed by atoms with Crippen LogP contribution in [0.4, 0.5) is 14.5 Å². The summed E-state index contributed by atoms with van der Waals surface area (Å²) in [4.78, 5) is 6.99. The van der Waals surface area contributed by atoms with E-state index in [-0.39, 0.29) is 12.1 Å². The standard InChI is InChI=1S/C21H24F2N8O/c1-12-9-13(32)5-8-30(12)17-10-15(16-4-7-25-29(16)2)26-20-19(14-3-6-24-27-14)28-31(21(17)20)11-18(22)23/h3-4,6-7,10,12-13,18,32H,5,8-9,11H2,1-2H3,(H,24,27). The average molecular weight is 442 g/mol. The van der Waals surface area contributed by atoms with Crippen molar-refractivity contribution in [2.45, 2.75) is 44.9 Å². The van der Waals surface area contributed by atoms with Gasteiger partial charge in [0.1, 0.15) is 23.3 Å². The first-order valence-corrected chi connectivity index (χ1v) is 10.5. The largest absolute Gasteiger partial charge is 0.393 e. The van der Waals surface area contributed by atoms with Gasteiger partial charge in [0, 0.05) is 32.0 Å². The molecule has 1 aliphatic heterocycles. The molecule has 11 heteroatoms. The van der Waals surface area contributed by atoms with E-state index >= 15 is 0 Å². The highest BCUT2D eigenvalue weighted by molar-refractivity contribution is 5.99. The van der Waals surface area contributed by atoms with Gasteiger partial charge in [-0.3, -0.25) is 14.5 Å². The number of halogens is 2. The molecule has 0 saturated carbocycles. The smallest absolute Gasteiger partial charge is 0.257 e. The minimum Gasteiger partial charge on any atom is -0.393 e. The number of hydrogen-bond acceptors (Lipinski definition) is 6. The van der Waals surface area contributed by atoms with Crippen molar-refractivity contribution in [1.82, 2.24) is 34.7 Å². The van der Waals surface area contributed by atoms with Crippen LogP contribution in [0.2, 0.25) is 0 Å². The Balaban J connectivity index is 1.80. The number of aliphatic hydroxyl groups excluding tert-OH is 1. The molecule has 0 bridgehead atoms. The Kier molecular flexibility index (Phi) is 5.12. The topological polar surface area (TPSA) is 101 Å². The van der Waals surface area contributed by atoms with Gasteiger partial charge in [-0.05, 0) is 38.0 Å². The van der Waals surface area contributed by atoms with Gasteiger partial charge in [0.2, 0.25) is 0 Å². The first-order chi connectivity index (χ1) is 15.4. The van der Waals surface area contributed by atoms with Crippen LogP contribution in [0.25, 0.3) is 33.8 Å². The highest BCUT2D eigenvalue weighted by Crippen LogP contribution is 2.38. The third-order valence-corrected chi connectivity index (χ3v) is 5.98. The zero-order chi connectivity index (χ0) is 22.4. The number of nitrogens with one attached hydrogen (secondary N) is 1. The van der Waals surface area contributed by atoms with E-state index < -0.39 is 13.0 Å². The first-order valence-electron chi connectivity index (χ1n) is 10.5.